The summed E-state index contributed by atoms with van der Waals surface area (Å²) in [5.74, 6) is -0.112. The molecule has 0 aromatic heterocycles. The maximum atomic E-state index is 12.9. The monoisotopic (exact) mass is 318 g/mol. The van der Waals surface area contributed by atoms with Crippen molar-refractivity contribution in [2.45, 2.75) is 26.4 Å². The van der Waals surface area contributed by atoms with Crippen LogP contribution in [0, 0.1) is 11.7 Å². The van der Waals surface area contributed by atoms with Crippen molar-refractivity contribution in [2.24, 2.45) is 11.7 Å². The molecular weight excluding hydrogens is 295 g/mol. The quantitative estimate of drug-likeness (QED) is 0.809. The first-order valence-electron chi connectivity index (χ1n) is 6.85. The van der Waals surface area contributed by atoms with Gasteiger partial charge in [0.1, 0.15) is 5.82 Å². The van der Waals surface area contributed by atoms with E-state index in [0.717, 1.165) is 0 Å². The fraction of sp³-hybridized carbons (Fsp3) is 0.533. The Kier molecular flexibility index (Phi) is 9.17. The highest BCUT2D eigenvalue weighted by molar-refractivity contribution is 5.85. The molecule has 1 amide bonds. The van der Waals surface area contributed by atoms with Gasteiger partial charge in [-0.1, -0.05) is 26.0 Å². The molecule has 0 fully saturated rings. The number of rotatable bonds is 7. The zero-order valence-electron chi connectivity index (χ0n) is 12.5. The number of carbonyl (C=O) groups excluding carboxylic acids is 1. The standard InChI is InChI=1S/C15H23FN2O2.ClH/c1-11(2)9-18(15(20)7-8-17)10-14(19)12-3-5-13(16)6-4-12;/h3-6,11,14,19H,7-10,17H2,1-2H3;1H. The van der Waals surface area contributed by atoms with Crippen LogP contribution in [0.25, 0.3) is 0 Å². The molecule has 1 rings (SSSR count). The Labute approximate surface area is 131 Å². The van der Waals surface area contributed by atoms with Gasteiger partial charge in [-0.2, -0.15) is 0 Å². The minimum atomic E-state index is -0.823. The molecule has 0 heterocycles. The normalized spacial score (nSPS) is 11.9. The Morgan fingerprint density at radius 2 is 1.86 bits per heavy atom. The molecule has 0 spiro atoms. The van der Waals surface area contributed by atoms with Gasteiger partial charge in [0.15, 0.2) is 0 Å². The van der Waals surface area contributed by atoms with E-state index in [1.807, 2.05) is 13.8 Å². The second kappa shape index (κ2) is 9.71. The molecule has 0 saturated carbocycles. The SMILES string of the molecule is CC(C)CN(CC(O)c1ccc(F)cc1)C(=O)CCN.Cl. The van der Waals surface area contributed by atoms with Gasteiger partial charge in [-0.25, -0.2) is 4.39 Å². The Morgan fingerprint density at radius 1 is 1.29 bits per heavy atom. The topological polar surface area (TPSA) is 66.6 Å². The minimum Gasteiger partial charge on any atom is -0.387 e. The van der Waals surface area contributed by atoms with Crippen LogP contribution in [0.4, 0.5) is 4.39 Å². The van der Waals surface area contributed by atoms with Crippen LogP contribution in [-0.4, -0.2) is 35.5 Å². The zero-order valence-corrected chi connectivity index (χ0v) is 13.3. The van der Waals surface area contributed by atoms with E-state index >= 15 is 0 Å². The predicted molar refractivity (Wildman–Crippen MR) is 83.7 cm³/mol. The third-order valence-electron chi connectivity index (χ3n) is 2.94. The molecule has 120 valence electrons. The van der Waals surface area contributed by atoms with Crippen LogP contribution in [0.2, 0.25) is 0 Å². The first-order chi connectivity index (χ1) is 9.43. The van der Waals surface area contributed by atoms with Crippen molar-refractivity contribution in [3.8, 4) is 0 Å². The van der Waals surface area contributed by atoms with Gasteiger partial charge < -0.3 is 15.7 Å². The summed E-state index contributed by atoms with van der Waals surface area (Å²) in [7, 11) is 0. The van der Waals surface area contributed by atoms with Crippen molar-refractivity contribution in [2.75, 3.05) is 19.6 Å². The zero-order chi connectivity index (χ0) is 15.1. The Morgan fingerprint density at radius 3 is 2.33 bits per heavy atom. The average Bonchev–Trinajstić information content (AvgIpc) is 2.38. The second-order valence-corrected chi connectivity index (χ2v) is 5.30. The molecular formula is C15H24ClFN2O2. The molecule has 0 aliphatic rings. The lowest BCUT2D eigenvalue weighted by molar-refractivity contribution is -0.133. The average molecular weight is 319 g/mol. The number of aliphatic hydroxyl groups is 1. The number of aliphatic hydroxyl groups excluding tert-OH is 1. The number of amides is 1. The van der Waals surface area contributed by atoms with Crippen LogP contribution in [0.1, 0.15) is 31.9 Å². The second-order valence-electron chi connectivity index (χ2n) is 5.30. The molecule has 3 N–H and O–H groups in total. The summed E-state index contributed by atoms with van der Waals surface area (Å²) in [6.07, 6.45) is -0.556. The molecule has 4 nitrogen and oxygen atoms in total. The summed E-state index contributed by atoms with van der Waals surface area (Å²) < 4.78 is 12.9. The van der Waals surface area contributed by atoms with Crippen molar-refractivity contribution < 1.29 is 14.3 Å². The Hall–Kier alpha value is -1.17. The molecule has 1 aromatic rings. The van der Waals surface area contributed by atoms with Gasteiger partial charge in [-0.05, 0) is 23.6 Å². The first kappa shape index (κ1) is 19.8. The molecule has 21 heavy (non-hydrogen) atoms. The van der Waals surface area contributed by atoms with Crippen LogP contribution < -0.4 is 5.73 Å². The van der Waals surface area contributed by atoms with Crippen LogP contribution in [0.3, 0.4) is 0 Å². The first-order valence-corrected chi connectivity index (χ1v) is 6.85. The highest BCUT2D eigenvalue weighted by Crippen LogP contribution is 2.16. The summed E-state index contributed by atoms with van der Waals surface area (Å²) in [4.78, 5) is 13.6. The smallest absolute Gasteiger partial charge is 0.223 e. The molecule has 0 aliphatic heterocycles. The number of carbonyl (C=O) groups is 1. The Balaban J connectivity index is 0.00000400. The number of hydrogen-bond donors (Lipinski definition) is 2. The van der Waals surface area contributed by atoms with Gasteiger partial charge in [0.25, 0.3) is 0 Å². The van der Waals surface area contributed by atoms with Crippen molar-refractivity contribution in [3.05, 3.63) is 35.6 Å². The number of hydrogen-bond acceptors (Lipinski definition) is 3. The summed E-state index contributed by atoms with van der Waals surface area (Å²) in [5.41, 5.74) is 6.00. The predicted octanol–water partition coefficient (Wildman–Crippen LogP) is 2.11. The van der Waals surface area contributed by atoms with Gasteiger partial charge in [-0.3, -0.25) is 4.79 Å². The molecule has 0 aliphatic carbocycles. The van der Waals surface area contributed by atoms with E-state index in [1.54, 1.807) is 4.90 Å². The van der Waals surface area contributed by atoms with Crippen LogP contribution in [0.15, 0.2) is 24.3 Å². The minimum absolute atomic E-state index is 0. The van der Waals surface area contributed by atoms with Crippen molar-refractivity contribution in [1.82, 2.24) is 4.90 Å². The van der Waals surface area contributed by atoms with Gasteiger partial charge in [-0.15, -0.1) is 12.4 Å². The fourth-order valence-electron chi connectivity index (χ4n) is 2.00. The summed E-state index contributed by atoms with van der Waals surface area (Å²) in [5, 5.41) is 10.2. The van der Waals surface area contributed by atoms with Gasteiger partial charge in [0.2, 0.25) is 5.91 Å². The lowest BCUT2D eigenvalue weighted by Crippen LogP contribution is -2.38. The van der Waals surface area contributed by atoms with Crippen molar-refractivity contribution >= 4 is 18.3 Å². The van der Waals surface area contributed by atoms with Gasteiger partial charge >= 0.3 is 0 Å². The molecule has 0 saturated heterocycles. The summed E-state index contributed by atoms with van der Waals surface area (Å²) >= 11 is 0. The fourth-order valence-corrected chi connectivity index (χ4v) is 2.00. The maximum Gasteiger partial charge on any atom is 0.223 e. The van der Waals surface area contributed by atoms with Crippen molar-refractivity contribution in [3.63, 3.8) is 0 Å². The number of benzene rings is 1. The molecule has 6 heteroatoms. The highest BCUT2D eigenvalue weighted by atomic mass is 35.5. The molecule has 1 unspecified atom stereocenters. The van der Waals surface area contributed by atoms with Crippen LogP contribution in [-0.2, 0) is 4.79 Å². The highest BCUT2D eigenvalue weighted by Gasteiger charge is 2.19. The lowest BCUT2D eigenvalue weighted by atomic mass is 10.1. The van der Waals surface area contributed by atoms with E-state index in [1.165, 1.54) is 24.3 Å². The van der Waals surface area contributed by atoms with E-state index in [9.17, 15) is 14.3 Å². The molecule has 0 radical (unpaired) electrons. The van der Waals surface area contributed by atoms with E-state index in [0.29, 0.717) is 24.6 Å². The molecule has 0 bridgehead atoms. The number of nitrogens with two attached hydrogens (primary N) is 1. The van der Waals surface area contributed by atoms with E-state index in [-0.39, 0.29) is 37.1 Å². The maximum absolute atomic E-state index is 12.9. The van der Waals surface area contributed by atoms with Crippen LogP contribution >= 0.6 is 12.4 Å². The number of halogens is 2. The van der Waals surface area contributed by atoms with Crippen LogP contribution in [0.5, 0.6) is 0 Å². The summed E-state index contributed by atoms with van der Waals surface area (Å²) in [6, 6.07) is 5.65. The van der Waals surface area contributed by atoms with E-state index < -0.39 is 6.10 Å². The van der Waals surface area contributed by atoms with E-state index in [4.69, 9.17) is 5.73 Å². The van der Waals surface area contributed by atoms with Crippen molar-refractivity contribution in [1.29, 1.82) is 0 Å². The van der Waals surface area contributed by atoms with E-state index in [2.05, 4.69) is 0 Å². The molecule has 1 atom stereocenters. The third kappa shape index (κ3) is 6.89. The molecule has 1 aromatic carbocycles. The van der Waals surface area contributed by atoms with Gasteiger partial charge in [0, 0.05) is 19.5 Å². The lowest BCUT2D eigenvalue weighted by Gasteiger charge is -2.27. The number of nitrogens with zero attached hydrogens (tertiary/aromatic N) is 1. The third-order valence-corrected chi connectivity index (χ3v) is 2.94. The largest absolute Gasteiger partial charge is 0.387 e. The van der Waals surface area contributed by atoms with Gasteiger partial charge in [0.05, 0.1) is 12.6 Å². The summed E-state index contributed by atoms with van der Waals surface area (Å²) in [6.45, 7) is 5.07. The Bertz CT molecular complexity index is 426.